The molecular formula is C12H15N7O2. The average molecular weight is 289 g/mol. The monoisotopic (exact) mass is 289 g/mol. The largest absolute Gasteiger partial charge is 0.328 e. The van der Waals surface area contributed by atoms with E-state index in [4.69, 9.17) is 4.52 Å². The number of likely N-dealkylation sites (N-methyl/N-ethyl adjacent to an activating group) is 1. The molecule has 0 radical (unpaired) electrons. The van der Waals surface area contributed by atoms with E-state index in [2.05, 4.69) is 30.4 Å². The van der Waals surface area contributed by atoms with Crippen LogP contribution in [0.4, 0.5) is 0 Å². The van der Waals surface area contributed by atoms with Gasteiger partial charge in [-0.25, -0.2) is 9.99 Å². The predicted molar refractivity (Wildman–Crippen MR) is 71.9 cm³/mol. The van der Waals surface area contributed by atoms with Crippen molar-refractivity contribution in [2.75, 3.05) is 33.2 Å². The molecular weight excluding hydrogens is 274 g/mol. The molecule has 1 amide bonds. The van der Waals surface area contributed by atoms with Gasteiger partial charge in [0.25, 0.3) is 0 Å². The molecule has 0 saturated carbocycles. The zero-order valence-electron chi connectivity index (χ0n) is 11.6. The Kier molecular flexibility index (Phi) is 3.84. The number of piperazine rings is 1. The van der Waals surface area contributed by atoms with Crippen molar-refractivity contribution in [1.29, 1.82) is 0 Å². The maximum Gasteiger partial charge on any atom is 0.324 e. The molecule has 2 aromatic rings. The fraction of sp³-hybridized carbons (Fsp3) is 0.417. The molecule has 0 atom stereocenters. The third-order valence-corrected chi connectivity index (χ3v) is 3.18. The van der Waals surface area contributed by atoms with Crippen LogP contribution in [0.25, 0.3) is 11.5 Å². The van der Waals surface area contributed by atoms with E-state index in [1.807, 2.05) is 12.1 Å². The quantitative estimate of drug-likeness (QED) is 0.801. The summed E-state index contributed by atoms with van der Waals surface area (Å²) in [7, 11) is 2.05. The maximum absolute atomic E-state index is 12.0. The Balaban J connectivity index is 1.64. The normalized spacial score (nSPS) is 16.8. The third-order valence-electron chi connectivity index (χ3n) is 3.18. The van der Waals surface area contributed by atoms with E-state index >= 15 is 0 Å². The Hall–Kier alpha value is -2.39. The van der Waals surface area contributed by atoms with Crippen molar-refractivity contribution < 1.29 is 9.32 Å². The van der Waals surface area contributed by atoms with E-state index in [-0.39, 0.29) is 11.7 Å². The van der Waals surface area contributed by atoms with Gasteiger partial charge in [-0.05, 0) is 7.05 Å². The van der Waals surface area contributed by atoms with Crippen LogP contribution >= 0.6 is 0 Å². The molecule has 21 heavy (non-hydrogen) atoms. The number of hydrogen-bond acceptors (Lipinski definition) is 8. The highest BCUT2D eigenvalue weighted by molar-refractivity contribution is 5.89. The minimum Gasteiger partial charge on any atom is -0.328 e. The lowest BCUT2D eigenvalue weighted by molar-refractivity contribution is 0.0622. The second kappa shape index (κ2) is 5.94. The number of carbonyl (C=O) groups excluding carboxylic acids is 1. The summed E-state index contributed by atoms with van der Waals surface area (Å²) in [4.78, 5) is 26.2. The summed E-state index contributed by atoms with van der Waals surface area (Å²) in [6.45, 7) is 3.31. The van der Waals surface area contributed by atoms with Crippen LogP contribution in [0.15, 0.2) is 23.1 Å². The van der Waals surface area contributed by atoms with Crippen molar-refractivity contribution >= 4 is 5.91 Å². The van der Waals surface area contributed by atoms with Gasteiger partial charge < -0.3 is 9.42 Å². The van der Waals surface area contributed by atoms with E-state index in [0.717, 1.165) is 26.2 Å². The molecule has 1 aliphatic rings. The van der Waals surface area contributed by atoms with Crippen molar-refractivity contribution in [2.45, 2.75) is 0 Å². The number of nitrogens with zero attached hydrogens (tertiary/aromatic N) is 6. The van der Waals surface area contributed by atoms with Gasteiger partial charge in [0.15, 0.2) is 0 Å². The molecule has 3 heterocycles. The van der Waals surface area contributed by atoms with Crippen LogP contribution in [0, 0.1) is 0 Å². The lowest BCUT2D eigenvalue weighted by Crippen LogP contribution is -2.52. The standard InChI is InChI=1S/C12H15N7O2/c1-18-4-6-19(7-5-18)16-11(20)12-15-10(17-21-12)9-8-13-2-3-14-9/h2-3,8H,4-7H2,1H3,(H,16,20). The molecule has 1 saturated heterocycles. The van der Waals surface area contributed by atoms with E-state index in [1.54, 1.807) is 6.20 Å². The molecule has 2 aromatic heterocycles. The van der Waals surface area contributed by atoms with Crippen LogP contribution in [0.2, 0.25) is 0 Å². The smallest absolute Gasteiger partial charge is 0.324 e. The first kappa shape index (κ1) is 13.6. The zero-order chi connectivity index (χ0) is 14.7. The second-order valence-electron chi connectivity index (χ2n) is 4.75. The summed E-state index contributed by atoms with van der Waals surface area (Å²) in [5.74, 6) is -0.261. The molecule has 1 aliphatic heterocycles. The summed E-state index contributed by atoms with van der Waals surface area (Å²) < 4.78 is 4.97. The molecule has 0 aliphatic carbocycles. The first-order valence-corrected chi connectivity index (χ1v) is 6.57. The minimum absolute atomic E-state index is 0.0884. The van der Waals surface area contributed by atoms with Crippen LogP contribution in [-0.2, 0) is 0 Å². The van der Waals surface area contributed by atoms with Gasteiger partial charge in [-0.1, -0.05) is 5.16 Å². The lowest BCUT2D eigenvalue weighted by Gasteiger charge is -2.31. The topological polar surface area (TPSA) is 100 Å². The van der Waals surface area contributed by atoms with Gasteiger partial charge in [0.2, 0.25) is 5.82 Å². The van der Waals surface area contributed by atoms with Crippen molar-refractivity contribution in [1.82, 2.24) is 35.4 Å². The minimum atomic E-state index is -0.415. The van der Waals surface area contributed by atoms with Gasteiger partial charge >= 0.3 is 11.8 Å². The number of aromatic nitrogens is 4. The van der Waals surface area contributed by atoms with Gasteiger partial charge in [0.1, 0.15) is 5.69 Å². The number of hydrogen-bond donors (Lipinski definition) is 1. The SMILES string of the molecule is CN1CCN(NC(=O)c2nc(-c3cnccn3)no2)CC1. The van der Waals surface area contributed by atoms with Crippen LogP contribution in [0.1, 0.15) is 10.7 Å². The fourth-order valence-corrected chi connectivity index (χ4v) is 1.94. The van der Waals surface area contributed by atoms with Crippen molar-refractivity contribution in [3.05, 3.63) is 24.5 Å². The summed E-state index contributed by atoms with van der Waals surface area (Å²) in [5.41, 5.74) is 3.21. The Bertz CT molecular complexity index is 607. The summed E-state index contributed by atoms with van der Waals surface area (Å²) in [5, 5.41) is 5.58. The molecule has 110 valence electrons. The Labute approximate surface area is 120 Å². The Morgan fingerprint density at radius 3 is 2.81 bits per heavy atom. The third kappa shape index (κ3) is 3.20. The van der Waals surface area contributed by atoms with Crippen molar-refractivity contribution in [3.63, 3.8) is 0 Å². The van der Waals surface area contributed by atoms with Gasteiger partial charge in [-0.2, -0.15) is 4.98 Å². The summed E-state index contributed by atoms with van der Waals surface area (Å²) in [6, 6.07) is 0. The number of nitrogens with one attached hydrogen (secondary N) is 1. The number of carbonyl (C=O) groups is 1. The van der Waals surface area contributed by atoms with Crippen LogP contribution in [-0.4, -0.2) is 69.2 Å². The Morgan fingerprint density at radius 1 is 1.29 bits per heavy atom. The lowest BCUT2D eigenvalue weighted by atomic mass is 10.4. The van der Waals surface area contributed by atoms with Gasteiger partial charge in [-0.15, -0.1) is 0 Å². The van der Waals surface area contributed by atoms with Crippen LogP contribution in [0.5, 0.6) is 0 Å². The van der Waals surface area contributed by atoms with Crippen molar-refractivity contribution in [3.8, 4) is 11.5 Å². The molecule has 0 unspecified atom stereocenters. The highest BCUT2D eigenvalue weighted by Crippen LogP contribution is 2.10. The summed E-state index contributed by atoms with van der Waals surface area (Å²) in [6.07, 6.45) is 4.58. The fourth-order valence-electron chi connectivity index (χ4n) is 1.94. The van der Waals surface area contributed by atoms with E-state index in [1.165, 1.54) is 12.4 Å². The number of hydrazine groups is 1. The predicted octanol–water partition coefficient (Wildman–Crippen LogP) is -0.581. The number of rotatable bonds is 3. The molecule has 1 fully saturated rings. The van der Waals surface area contributed by atoms with E-state index in [0.29, 0.717) is 5.69 Å². The second-order valence-corrected chi connectivity index (χ2v) is 4.75. The molecule has 9 heteroatoms. The zero-order valence-corrected chi connectivity index (χ0v) is 11.6. The van der Waals surface area contributed by atoms with Crippen molar-refractivity contribution in [2.24, 2.45) is 0 Å². The molecule has 1 N–H and O–H groups in total. The maximum atomic E-state index is 12.0. The van der Waals surface area contributed by atoms with Gasteiger partial charge in [-0.3, -0.25) is 15.2 Å². The van der Waals surface area contributed by atoms with Crippen LogP contribution < -0.4 is 5.43 Å². The molecule has 0 spiro atoms. The summed E-state index contributed by atoms with van der Waals surface area (Å²) >= 11 is 0. The Morgan fingerprint density at radius 2 is 2.10 bits per heavy atom. The first-order valence-electron chi connectivity index (χ1n) is 6.57. The van der Waals surface area contributed by atoms with Gasteiger partial charge in [0.05, 0.1) is 6.20 Å². The molecule has 0 bridgehead atoms. The van der Waals surface area contributed by atoms with Crippen LogP contribution in [0.3, 0.4) is 0 Å². The first-order chi connectivity index (χ1) is 10.2. The van der Waals surface area contributed by atoms with Gasteiger partial charge in [0, 0.05) is 38.6 Å². The molecule has 0 aromatic carbocycles. The van der Waals surface area contributed by atoms with E-state index in [9.17, 15) is 4.79 Å². The average Bonchev–Trinajstić information content (AvgIpc) is 3.00. The highest BCUT2D eigenvalue weighted by Gasteiger charge is 2.21. The molecule has 3 rings (SSSR count). The number of amides is 1. The highest BCUT2D eigenvalue weighted by atomic mass is 16.5. The molecule has 9 nitrogen and oxygen atoms in total. The van der Waals surface area contributed by atoms with E-state index < -0.39 is 5.91 Å².